The molecule has 1 spiro atoms. The Kier molecular flexibility index (Phi) is 19.4. The number of aliphatic hydroxyl groups is 7. The maximum Gasteiger partial charge on any atom is 0.397 e. The normalized spacial score (nSPS) is 48.0. The summed E-state index contributed by atoms with van der Waals surface area (Å²) >= 11 is 0. The molecule has 486 valence electrons. The van der Waals surface area contributed by atoms with Gasteiger partial charge in [0.05, 0.1) is 43.4 Å². The van der Waals surface area contributed by atoms with Crippen molar-refractivity contribution in [3.8, 4) is 0 Å². The summed E-state index contributed by atoms with van der Waals surface area (Å²) in [5.41, 5.74) is -1.36. The van der Waals surface area contributed by atoms with Crippen molar-refractivity contribution in [3.05, 3.63) is 23.8 Å². The second kappa shape index (κ2) is 24.6. The second-order valence-electron chi connectivity index (χ2n) is 26.1. The Balaban J connectivity index is 0.927. The van der Waals surface area contributed by atoms with Crippen LogP contribution in [0.3, 0.4) is 0 Å². The lowest BCUT2D eigenvalue weighted by Gasteiger charge is -2.64. The highest BCUT2D eigenvalue weighted by Gasteiger charge is 2.79. The van der Waals surface area contributed by atoms with Crippen molar-refractivity contribution >= 4 is 32.7 Å². The van der Waals surface area contributed by atoms with E-state index < -0.39 is 191 Å². The molecule has 9 N–H and O–H groups in total. The number of carbonyl (C=O) groups excluding carboxylic acids is 2. The van der Waals surface area contributed by atoms with Crippen LogP contribution in [0.4, 0.5) is 0 Å². The number of fused-ring (bicyclic) bond motifs is 4. The maximum atomic E-state index is 14.7. The van der Waals surface area contributed by atoms with Gasteiger partial charge in [0.15, 0.2) is 31.3 Å². The van der Waals surface area contributed by atoms with Gasteiger partial charge in [-0.25, -0.2) is 8.37 Å². The fourth-order valence-corrected chi connectivity index (χ4v) is 17.6. The van der Waals surface area contributed by atoms with Gasteiger partial charge in [-0.1, -0.05) is 44.9 Å². The lowest BCUT2D eigenvalue weighted by Crippen LogP contribution is -2.66. The van der Waals surface area contributed by atoms with Crippen LogP contribution >= 0.6 is 0 Å². The summed E-state index contributed by atoms with van der Waals surface area (Å²) in [6.07, 6.45) is -25.8. The first kappa shape index (κ1) is 66.9. The lowest BCUT2D eigenvalue weighted by molar-refractivity contribution is -0.380. The molecule has 8 fully saturated rings. The Labute approximate surface area is 494 Å². The van der Waals surface area contributed by atoms with Crippen LogP contribution in [0, 0.1) is 39.4 Å². The minimum Gasteiger partial charge on any atom is -0.462 e. The van der Waals surface area contributed by atoms with E-state index in [9.17, 15) is 71.3 Å². The molecule has 11 unspecified atom stereocenters. The van der Waals surface area contributed by atoms with Crippen molar-refractivity contribution in [1.29, 1.82) is 0 Å². The number of methoxy groups -OCH3 is 1. The number of cyclic esters (lactones) is 1. The summed E-state index contributed by atoms with van der Waals surface area (Å²) < 4.78 is 144. The van der Waals surface area contributed by atoms with E-state index >= 15 is 0 Å². The molecular formula is C55H86O28S2. The van der Waals surface area contributed by atoms with Gasteiger partial charge in [-0.3, -0.25) is 18.7 Å². The van der Waals surface area contributed by atoms with Crippen LogP contribution in [-0.2, 0) is 90.9 Å². The molecule has 28 nitrogen and oxygen atoms in total. The third-order valence-corrected chi connectivity index (χ3v) is 21.4. The van der Waals surface area contributed by atoms with Gasteiger partial charge in [-0.2, -0.15) is 16.8 Å². The summed E-state index contributed by atoms with van der Waals surface area (Å²) in [4.78, 5) is 27.5. The van der Waals surface area contributed by atoms with Gasteiger partial charge in [-0.15, -0.1) is 6.58 Å². The minimum atomic E-state index is -5.46. The van der Waals surface area contributed by atoms with Crippen molar-refractivity contribution in [3.63, 3.8) is 0 Å². The molecule has 5 aliphatic heterocycles. The van der Waals surface area contributed by atoms with E-state index in [1.807, 2.05) is 13.8 Å². The number of carbonyl (C=O) groups is 2. The number of hydrogen-bond donors (Lipinski definition) is 9. The molecular weight excluding hydrogens is 1170 g/mol. The van der Waals surface area contributed by atoms with E-state index in [0.29, 0.717) is 44.9 Å². The Hall–Kier alpha value is -2.48. The predicted molar refractivity (Wildman–Crippen MR) is 286 cm³/mol. The highest BCUT2D eigenvalue weighted by Crippen LogP contribution is 2.77. The van der Waals surface area contributed by atoms with Crippen LogP contribution in [0.15, 0.2) is 23.8 Å². The number of hydrogen-bond acceptors (Lipinski definition) is 26. The Bertz CT molecular complexity index is 2710. The van der Waals surface area contributed by atoms with Crippen LogP contribution in [0.5, 0.6) is 0 Å². The van der Waals surface area contributed by atoms with Gasteiger partial charge < -0.3 is 87.9 Å². The molecule has 5 heterocycles. The number of esters is 2. The number of ether oxygens (including phenoxy) is 11. The van der Waals surface area contributed by atoms with Crippen molar-refractivity contribution in [2.75, 3.05) is 26.9 Å². The first-order valence-electron chi connectivity index (χ1n) is 29.0. The fourth-order valence-electron chi connectivity index (χ4n) is 16.6. The van der Waals surface area contributed by atoms with Gasteiger partial charge in [0.25, 0.3) is 0 Å². The zero-order valence-corrected chi connectivity index (χ0v) is 50.8. The summed E-state index contributed by atoms with van der Waals surface area (Å²) in [6.45, 7) is 17.1. The Morgan fingerprint density at radius 3 is 2.01 bits per heavy atom. The summed E-state index contributed by atoms with van der Waals surface area (Å²) in [7, 11) is -9.54. The lowest BCUT2D eigenvalue weighted by atomic mass is 9.41. The average Bonchev–Trinajstić information content (AvgIpc) is 1.53. The topological polar surface area (TPSA) is 404 Å². The maximum absolute atomic E-state index is 14.7. The Morgan fingerprint density at radius 2 is 1.38 bits per heavy atom. The van der Waals surface area contributed by atoms with Crippen LogP contribution in [0.25, 0.3) is 0 Å². The third kappa shape index (κ3) is 12.3. The molecule has 0 aromatic carbocycles. The number of allylic oxidation sites excluding steroid dienone is 3. The quantitative estimate of drug-likeness (QED) is 0.0481. The van der Waals surface area contributed by atoms with E-state index in [-0.39, 0.29) is 29.1 Å². The van der Waals surface area contributed by atoms with Crippen molar-refractivity contribution in [1.82, 2.24) is 0 Å². The van der Waals surface area contributed by atoms with Gasteiger partial charge in [-0.05, 0) is 101 Å². The van der Waals surface area contributed by atoms with Gasteiger partial charge in [0.2, 0.25) is 0 Å². The molecule has 30 heteroatoms. The molecule has 4 aliphatic carbocycles. The van der Waals surface area contributed by atoms with Crippen LogP contribution in [0.1, 0.15) is 113 Å². The van der Waals surface area contributed by atoms with Crippen molar-refractivity contribution in [2.45, 2.75) is 242 Å². The van der Waals surface area contributed by atoms with E-state index in [4.69, 9.17) is 60.5 Å². The molecule has 5 saturated heterocycles. The van der Waals surface area contributed by atoms with Crippen LogP contribution in [-0.4, -0.2) is 229 Å². The van der Waals surface area contributed by atoms with Gasteiger partial charge in [0, 0.05) is 19.4 Å². The molecule has 9 aliphatic rings. The predicted octanol–water partition coefficient (Wildman–Crippen LogP) is 0.447. The molecule has 85 heavy (non-hydrogen) atoms. The van der Waals surface area contributed by atoms with E-state index in [0.717, 1.165) is 31.1 Å². The summed E-state index contributed by atoms with van der Waals surface area (Å²) in [5, 5.41) is 77.6. The molecule has 0 amide bonds. The van der Waals surface area contributed by atoms with Gasteiger partial charge in [0.1, 0.15) is 85.0 Å². The molecule has 9 rings (SSSR count). The summed E-state index contributed by atoms with van der Waals surface area (Å²) in [6, 6.07) is 0. The van der Waals surface area contributed by atoms with Gasteiger partial charge >= 0.3 is 32.7 Å². The van der Waals surface area contributed by atoms with E-state index in [1.165, 1.54) is 13.8 Å². The smallest absolute Gasteiger partial charge is 0.397 e. The van der Waals surface area contributed by atoms with E-state index in [1.54, 1.807) is 0 Å². The molecule has 0 radical (unpaired) electrons. The zero-order valence-electron chi connectivity index (χ0n) is 49.1. The first-order chi connectivity index (χ1) is 39.5. The average molecular weight is 1260 g/mol. The van der Waals surface area contributed by atoms with Crippen LogP contribution < -0.4 is 0 Å². The standard InChI is InChI=1S/C55H86O28S2/c1-24(2)12-11-17-54(9)45-30(75-26(4)57)20-53(8)28-13-14-33-51(5,6)34(16-18-52(33,7)27(28)15-19-55(45,53)50(64)81-54)77-48-43(36(60)32(23-73-48)82-84(65,66)67)80-46-38(62)37(61)40(25(3)74-46)78-49-44(83-85(68,69)70)41(29(58)22-72-49)79-47-39(63)42(71-10)35(59)31(21-56)76-47/h13,25,27,29-49,56,58-63H,1,11-12,14-23H2,2-10H3,(H,65,66,67)(H,68,69,70)/t25-,27-,29-,30?,31?,32-,33?,34+,35-,36?,37?,38+,39?,40-,41?,42?,43?,44?,45-,46+,47+,48?,49+,52-,53+,54+,55-/m1/s1. The number of aliphatic hydroxyl groups excluding tert-OH is 7. The summed E-state index contributed by atoms with van der Waals surface area (Å²) in [5.74, 6) is -1.11. The van der Waals surface area contributed by atoms with Crippen LogP contribution in [0.2, 0.25) is 0 Å². The van der Waals surface area contributed by atoms with Crippen molar-refractivity contribution < 1.29 is 132 Å². The molecule has 3 saturated carbocycles. The molecule has 0 aromatic heterocycles. The number of rotatable bonds is 19. The minimum absolute atomic E-state index is 0.00753. The zero-order chi connectivity index (χ0) is 62.5. The van der Waals surface area contributed by atoms with E-state index in [2.05, 4.69) is 40.3 Å². The first-order valence-corrected chi connectivity index (χ1v) is 31.7. The molecule has 0 aromatic rings. The highest BCUT2D eigenvalue weighted by atomic mass is 32.3. The largest absolute Gasteiger partial charge is 0.462 e. The Morgan fingerprint density at radius 1 is 0.741 bits per heavy atom. The monoisotopic (exact) mass is 1260 g/mol. The third-order valence-electron chi connectivity index (χ3n) is 20.5. The molecule has 27 atom stereocenters. The fraction of sp³-hybridized carbons (Fsp3) is 0.891. The SMILES string of the molecule is C=C(C)CCC[C@]1(C)OC(=O)[C@]23CC[C@@H]4C(=CCC5C(C)(C)[C@@H](OC6OC[C@@H](OS(=O)(=O)O)C(O)C6O[C@@H]6O[C@H](C)[C@@H](O[C@@H]7OC[C@@H](O)C(O[C@@H]8OC(CO)[C@@H](O)C(OC)C8O)C7OS(=O)(=O)O)C(O)[C@@H]6O)CC[C@@]54C)[C@]2(C)CC(OC(C)=O)[C@@H]31. The highest BCUT2D eigenvalue weighted by molar-refractivity contribution is 7.81. The second-order valence-corrected chi connectivity index (χ2v) is 28.2. The molecule has 0 bridgehead atoms. The van der Waals surface area contributed by atoms with Crippen molar-refractivity contribution in [2.24, 2.45) is 39.4 Å².